The first-order chi connectivity index (χ1) is 10.0. The third-order valence-corrected chi connectivity index (χ3v) is 4.48. The molecule has 1 aromatic carbocycles. The number of para-hydroxylation sites is 1. The number of furan rings is 1. The predicted octanol–water partition coefficient (Wildman–Crippen LogP) is 4.44. The number of nitrogens with zero attached hydrogens (tertiary/aromatic N) is 1. The van der Waals surface area contributed by atoms with Gasteiger partial charge in [-0.15, -0.1) is 0 Å². The molecule has 0 saturated carbocycles. The van der Waals surface area contributed by atoms with Gasteiger partial charge in [-0.3, -0.25) is 4.79 Å². The molecule has 2 aromatic rings. The van der Waals surface area contributed by atoms with Crippen molar-refractivity contribution in [2.45, 2.75) is 46.1 Å². The minimum atomic E-state index is 0.0381. The van der Waals surface area contributed by atoms with Crippen molar-refractivity contribution in [1.29, 1.82) is 0 Å². The molecule has 0 N–H and O–H groups in total. The molecule has 0 fully saturated rings. The van der Waals surface area contributed by atoms with E-state index in [-0.39, 0.29) is 11.9 Å². The molecule has 2 heterocycles. The molecule has 0 spiro atoms. The van der Waals surface area contributed by atoms with Crippen molar-refractivity contribution < 1.29 is 9.21 Å². The molecule has 1 aromatic heterocycles. The first kappa shape index (κ1) is 13.9. The van der Waals surface area contributed by atoms with Crippen LogP contribution in [-0.4, -0.2) is 11.9 Å². The maximum absolute atomic E-state index is 13.0. The van der Waals surface area contributed by atoms with E-state index in [1.54, 1.807) is 12.3 Å². The number of hydrogen-bond acceptors (Lipinski definition) is 2. The molecule has 3 rings (SSSR count). The molecule has 110 valence electrons. The highest BCUT2D eigenvalue weighted by molar-refractivity contribution is 6.08. The molecular weight excluding hydrogens is 262 g/mol. The molecule has 3 nitrogen and oxygen atoms in total. The first-order valence-corrected chi connectivity index (χ1v) is 7.48. The van der Waals surface area contributed by atoms with Gasteiger partial charge in [0.2, 0.25) is 0 Å². The standard InChI is InChI=1S/C18H21NO2/c1-11-6-5-7-15-12(2)10-13(3)19(17(11)15)18(20)16-8-9-21-14(16)4/h5-9,12-13H,10H2,1-4H3/t12-,13+/m1/s1. The summed E-state index contributed by atoms with van der Waals surface area (Å²) in [5.41, 5.74) is 4.16. The highest BCUT2D eigenvalue weighted by atomic mass is 16.3. The zero-order valence-electron chi connectivity index (χ0n) is 13.0. The molecule has 0 radical (unpaired) electrons. The molecule has 0 unspecified atom stereocenters. The quantitative estimate of drug-likeness (QED) is 0.775. The van der Waals surface area contributed by atoms with Gasteiger partial charge in [0.25, 0.3) is 5.91 Å². The Morgan fingerprint density at radius 3 is 2.67 bits per heavy atom. The van der Waals surface area contributed by atoms with Crippen LogP contribution < -0.4 is 4.90 Å². The van der Waals surface area contributed by atoms with Crippen LogP contribution in [0.25, 0.3) is 0 Å². The second-order valence-corrected chi connectivity index (χ2v) is 6.06. The van der Waals surface area contributed by atoms with Crippen LogP contribution in [0.2, 0.25) is 0 Å². The SMILES string of the molecule is Cc1cccc2c1N(C(=O)c1ccoc1C)[C@@H](C)C[C@H]2C. The van der Waals surface area contributed by atoms with Crippen LogP contribution >= 0.6 is 0 Å². The van der Waals surface area contributed by atoms with Crippen molar-refractivity contribution >= 4 is 11.6 Å². The number of anilines is 1. The number of rotatable bonds is 1. The number of aryl methyl sites for hydroxylation is 2. The lowest BCUT2D eigenvalue weighted by Crippen LogP contribution is -2.43. The van der Waals surface area contributed by atoms with Gasteiger partial charge in [-0.1, -0.05) is 25.1 Å². The van der Waals surface area contributed by atoms with Crippen molar-refractivity contribution in [1.82, 2.24) is 0 Å². The van der Waals surface area contributed by atoms with Crippen LogP contribution in [0.5, 0.6) is 0 Å². The Morgan fingerprint density at radius 2 is 2.00 bits per heavy atom. The second-order valence-electron chi connectivity index (χ2n) is 6.06. The fraction of sp³-hybridized carbons (Fsp3) is 0.389. The Morgan fingerprint density at radius 1 is 1.24 bits per heavy atom. The number of carbonyl (C=O) groups is 1. The van der Waals surface area contributed by atoms with E-state index < -0.39 is 0 Å². The fourth-order valence-corrected chi connectivity index (χ4v) is 3.41. The highest BCUT2D eigenvalue weighted by Gasteiger charge is 2.34. The molecule has 0 aliphatic carbocycles. The van der Waals surface area contributed by atoms with E-state index in [2.05, 4.69) is 39.0 Å². The minimum absolute atomic E-state index is 0.0381. The topological polar surface area (TPSA) is 33.5 Å². The summed E-state index contributed by atoms with van der Waals surface area (Å²) < 4.78 is 5.30. The molecule has 21 heavy (non-hydrogen) atoms. The van der Waals surface area contributed by atoms with E-state index in [4.69, 9.17) is 4.42 Å². The fourth-order valence-electron chi connectivity index (χ4n) is 3.41. The lowest BCUT2D eigenvalue weighted by atomic mass is 9.85. The Kier molecular flexibility index (Phi) is 3.36. The molecule has 3 heteroatoms. The third-order valence-electron chi connectivity index (χ3n) is 4.48. The smallest absolute Gasteiger partial charge is 0.262 e. The molecule has 2 atom stereocenters. The zero-order valence-corrected chi connectivity index (χ0v) is 13.0. The van der Waals surface area contributed by atoms with Gasteiger partial charge in [0.1, 0.15) is 5.76 Å². The van der Waals surface area contributed by atoms with Gasteiger partial charge in [0.15, 0.2) is 0 Å². The van der Waals surface area contributed by atoms with Gasteiger partial charge in [-0.25, -0.2) is 0 Å². The van der Waals surface area contributed by atoms with Crippen LogP contribution in [0.1, 0.15) is 53.4 Å². The number of carbonyl (C=O) groups excluding carboxylic acids is 1. The van der Waals surface area contributed by atoms with Crippen molar-refractivity contribution in [2.75, 3.05) is 4.90 Å². The van der Waals surface area contributed by atoms with E-state index in [9.17, 15) is 4.79 Å². The van der Waals surface area contributed by atoms with E-state index in [0.29, 0.717) is 17.2 Å². The Hall–Kier alpha value is -2.03. The summed E-state index contributed by atoms with van der Waals surface area (Å²) in [7, 11) is 0. The molecule has 1 aliphatic rings. The average molecular weight is 283 g/mol. The maximum atomic E-state index is 13.0. The predicted molar refractivity (Wildman–Crippen MR) is 83.9 cm³/mol. The third kappa shape index (κ3) is 2.17. The number of hydrogen-bond donors (Lipinski definition) is 0. The van der Waals surface area contributed by atoms with E-state index in [1.807, 2.05) is 11.8 Å². The normalized spacial score (nSPS) is 21.2. The van der Waals surface area contributed by atoms with Crippen molar-refractivity contribution in [3.63, 3.8) is 0 Å². The van der Waals surface area contributed by atoms with E-state index in [0.717, 1.165) is 17.7 Å². The minimum Gasteiger partial charge on any atom is -0.469 e. The molecular formula is C18H21NO2. The van der Waals surface area contributed by atoms with Crippen molar-refractivity contribution in [2.24, 2.45) is 0 Å². The van der Waals surface area contributed by atoms with E-state index in [1.165, 1.54) is 5.56 Å². The van der Waals surface area contributed by atoms with Crippen molar-refractivity contribution in [3.05, 3.63) is 53.0 Å². The van der Waals surface area contributed by atoms with Crippen LogP contribution in [0, 0.1) is 13.8 Å². The summed E-state index contributed by atoms with van der Waals surface area (Å²) in [6.45, 7) is 8.27. The summed E-state index contributed by atoms with van der Waals surface area (Å²) in [5.74, 6) is 1.20. The van der Waals surface area contributed by atoms with Gasteiger partial charge < -0.3 is 9.32 Å². The summed E-state index contributed by atoms with van der Waals surface area (Å²) in [5, 5.41) is 0. The highest BCUT2D eigenvalue weighted by Crippen LogP contribution is 2.41. The zero-order chi connectivity index (χ0) is 15.1. The van der Waals surface area contributed by atoms with Gasteiger partial charge >= 0.3 is 0 Å². The average Bonchev–Trinajstić information content (AvgIpc) is 2.86. The Balaban J connectivity index is 2.13. The van der Waals surface area contributed by atoms with Crippen molar-refractivity contribution in [3.8, 4) is 0 Å². The Labute approximate surface area is 125 Å². The molecule has 1 amide bonds. The van der Waals surface area contributed by atoms with Crippen LogP contribution in [0.15, 0.2) is 34.9 Å². The number of benzene rings is 1. The summed E-state index contributed by atoms with van der Waals surface area (Å²) in [6, 6.07) is 8.25. The van der Waals surface area contributed by atoms with Gasteiger partial charge in [-0.2, -0.15) is 0 Å². The maximum Gasteiger partial charge on any atom is 0.262 e. The first-order valence-electron chi connectivity index (χ1n) is 7.48. The largest absolute Gasteiger partial charge is 0.469 e. The van der Waals surface area contributed by atoms with Crippen LogP contribution in [0.3, 0.4) is 0 Å². The monoisotopic (exact) mass is 283 g/mol. The lowest BCUT2D eigenvalue weighted by molar-refractivity contribution is 0.0972. The van der Waals surface area contributed by atoms with Gasteiger partial charge in [0.05, 0.1) is 17.5 Å². The second kappa shape index (κ2) is 5.06. The molecule has 0 bridgehead atoms. The van der Waals surface area contributed by atoms with Crippen LogP contribution in [0.4, 0.5) is 5.69 Å². The summed E-state index contributed by atoms with van der Waals surface area (Å²) >= 11 is 0. The number of amides is 1. The van der Waals surface area contributed by atoms with Gasteiger partial charge in [0, 0.05) is 6.04 Å². The van der Waals surface area contributed by atoms with Crippen LogP contribution in [-0.2, 0) is 0 Å². The molecule has 0 saturated heterocycles. The van der Waals surface area contributed by atoms with Gasteiger partial charge in [-0.05, 0) is 50.3 Å². The van der Waals surface area contributed by atoms with E-state index >= 15 is 0 Å². The summed E-state index contributed by atoms with van der Waals surface area (Å²) in [4.78, 5) is 14.9. The Bertz CT molecular complexity index is 686. The molecule has 1 aliphatic heterocycles. The lowest BCUT2D eigenvalue weighted by Gasteiger charge is -2.39. The summed E-state index contributed by atoms with van der Waals surface area (Å²) in [6.07, 6.45) is 2.57. The number of fused-ring (bicyclic) bond motifs is 1.